The minimum Gasteiger partial charge on any atom is -0.355 e. The molecule has 0 unspecified atom stereocenters. The Kier molecular flexibility index (Phi) is 6.99. The third-order valence-electron chi connectivity index (χ3n) is 4.72. The van der Waals surface area contributed by atoms with Gasteiger partial charge < -0.3 is 15.1 Å². The topological polar surface area (TPSA) is 48.5 Å². The lowest BCUT2D eigenvalue weighted by Crippen LogP contribution is -2.29. The Bertz CT molecular complexity index is 784. The molecular weight excluding hydrogens is 380 g/mol. The van der Waals surface area contributed by atoms with Gasteiger partial charge in [0.2, 0.25) is 0 Å². The van der Waals surface area contributed by atoms with E-state index in [-0.39, 0.29) is 5.91 Å². The minimum atomic E-state index is -0.171. The van der Waals surface area contributed by atoms with Crippen molar-refractivity contribution in [2.75, 3.05) is 44.4 Å². The van der Waals surface area contributed by atoms with Crippen LogP contribution >= 0.6 is 23.4 Å². The van der Waals surface area contributed by atoms with Crippen LogP contribution in [0.25, 0.3) is 0 Å². The Morgan fingerprint density at radius 1 is 1.22 bits per heavy atom. The molecule has 0 aliphatic carbocycles. The van der Waals surface area contributed by atoms with Gasteiger partial charge in [-0.15, -0.1) is 11.8 Å². The number of carbonyl (C=O) groups is 1. The third-order valence-corrected chi connectivity index (χ3v) is 5.78. The first-order valence-electron chi connectivity index (χ1n) is 9.07. The summed E-state index contributed by atoms with van der Waals surface area (Å²) in [6.45, 7) is 4.62. The van der Waals surface area contributed by atoms with E-state index in [0.29, 0.717) is 17.1 Å². The lowest BCUT2D eigenvalue weighted by atomic mass is 10.2. The first-order chi connectivity index (χ1) is 13.1. The van der Waals surface area contributed by atoms with Gasteiger partial charge in [0.25, 0.3) is 5.91 Å². The molecular formula is C20H25ClN4OS. The summed E-state index contributed by atoms with van der Waals surface area (Å²) in [6, 6.07) is 9.55. The first-order valence-corrected chi connectivity index (χ1v) is 10.7. The van der Waals surface area contributed by atoms with E-state index >= 15 is 0 Å². The van der Waals surface area contributed by atoms with Crippen LogP contribution in [0.2, 0.25) is 5.02 Å². The SMILES string of the molecule is CSc1ccc(Cl)c(C(=O)NCc2ccc(N3CCCN(C)CC3)nc2)c1. The Morgan fingerprint density at radius 3 is 2.81 bits per heavy atom. The van der Waals surface area contributed by atoms with Crippen molar-refractivity contribution in [1.29, 1.82) is 0 Å². The molecule has 1 N–H and O–H groups in total. The second-order valence-corrected chi connectivity index (χ2v) is 7.98. The van der Waals surface area contributed by atoms with E-state index in [0.717, 1.165) is 48.9 Å². The third kappa shape index (κ3) is 5.37. The highest BCUT2D eigenvalue weighted by Crippen LogP contribution is 2.23. The summed E-state index contributed by atoms with van der Waals surface area (Å²) >= 11 is 7.75. The summed E-state index contributed by atoms with van der Waals surface area (Å²) in [5, 5.41) is 3.39. The van der Waals surface area contributed by atoms with Gasteiger partial charge in [0, 0.05) is 37.3 Å². The molecule has 5 nitrogen and oxygen atoms in total. The maximum absolute atomic E-state index is 12.5. The van der Waals surface area contributed by atoms with Gasteiger partial charge in [-0.05, 0) is 56.1 Å². The van der Waals surface area contributed by atoms with Crippen LogP contribution in [0.5, 0.6) is 0 Å². The fourth-order valence-corrected chi connectivity index (χ4v) is 3.71. The zero-order valence-electron chi connectivity index (χ0n) is 15.7. The van der Waals surface area contributed by atoms with Crippen LogP contribution in [0, 0.1) is 0 Å². The molecule has 0 spiro atoms. The Hall–Kier alpha value is -1.76. The summed E-state index contributed by atoms with van der Waals surface area (Å²) in [7, 11) is 2.16. The fourth-order valence-electron chi connectivity index (χ4n) is 3.07. The van der Waals surface area contributed by atoms with E-state index < -0.39 is 0 Å². The number of benzene rings is 1. The van der Waals surface area contributed by atoms with Gasteiger partial charge in [-0.25, -0.2) is 4.98 Å². The van der Waals surface area contributed by atoms with Crippen LogP contribution in [0.4, 0.5) is 5.82 Å². The summed E-state index contributed by atoms with van der Waals surface area (Å²) in [6.07, 6.45) is 4.95. The largest absolute Gasteiger partial charge is 0.355 e. The highest BCUT2D eigenvalue weighted by molar-refractivity contribution is 7.98. The monoisotopic (exact) mass is 404 g/mol. The summed E-state index contributed by atoms with van der Waals surface area (Å²) in [4.78, 5) is 22.7. The van der Waals surface area contributed by atoms with Crippen LogP contribution in [-0.4, -0.2) is 55.3 Å². The maximum Gasteiger partial charge on any atom is 0.253 e. The van der Waals surface area contributed by atoms with E-state index in [9.17, 15) is 4.79 Å². The maximum atomic E-state index is 12.5. The van der Waals surface area contributed by atoms with Crippen molar-refractivity contribution >= 4 is 35.1 Å². The molecule has 2 heterocycles. The van der Waals surface area contributed by atoms with E-state index in [1.165, 1.54) is 0 Å². The molecule has 1 amide bonds. The molecule has 1 saturated heterocycles. The first kappa shape index (κ1) is 20.0. The van der Waals surface area contributed by atoms with Crippen molar-refractivity contribution < 1.29 is 4.79 Å². The number of amides is 1. The zero-order chi connectivity index (χ0) is 19.2. The number of halogens is 1. The predicted molar refractivity (Wildman–Crippen MR) is 113 cm³/mol. The summed E-state index contributed by atoms with van der Waals surface area (Å²) in [5.74, 6) is 0.826. The highest BCUT2D eigenvalue weighted by Gasteiger charge is 2.14. The van der Waals surface area contributed by atoms with E-state index in [2.05, 4.69) is 27.1 Å². The van der Waals surface area contributed by atoms with Gasteiger partial charge in [0.15, 0.2) is 0 Å². The molecule has 3 rings (SSSR count). The molecule has 0 radical (unpaired) electrons. The number of thioether (sulfide) groups is 1. The molecule has 1 aromatic carbocycles. The van der Waals surface area contributed by atoms with E-state index in [1.54, 1.807) is 17.8 Å². The standard InChI is InChI=1S/C20H25ClN4OS/c1-24-8-3-9-25(11-10-24)19-7-4-15(13-22-19)14-23-20(26)17-12-16(27-2)5-6-18(17)21/h4-7,12-13H,3,8-11,14H2,1-2H3,(H,23,26). The van der Waals surface area contributed by atoms with Gasteiger partial charge in [-0.2, -0.15) is 0 Å². The quantitative estimate of drug-likeness (QED) is 0.772. The Morgan fingerprint density at radius 2 is 2.07 bits per heavy atom. The number of hydrogen-bond acceptors (Lipinski definition) is 5. The number of likely N-dealkylation sites (N-methyl/N-ethyl adjacent to an activating group) is 1. The summed E-state index contributed by atoms with van der Waals surface area (Å²) < 4.78 is 0. The number of nitrogens with zero attached hydrogens (tertiary/aromatic N) is 3. The van der Waals surface area contributed by atoms with Gasteiger partial charge in [-0.1, -0.05) is 17.7 Å². The van der Waals surface area contributed by atoms with Crippen molar-refractivity contribution in [3.8, 4) is 0 Å². The Labute approximate surface area is 170 Å². The average molecular weight is 405 g/mol. The van der Waals surface area contributed by atoms with Crippen LogP contribution in [0.3, 0.4) is 0 Å². The van der Waals surface area contributed by atoms with Crippen molar-refractivity contribution in [3.63, 3.8) is 0 Å². The fraction of sp³-hybridized carbons (Fsp3) is 0.400. The molecule has 1 fully saturated rings. The minimum absolute atomic E-state index is 0.171. The number of aromatic nitrogens is 1. The summed E-state index contributed by atoms with van der Waals surface area (Å²) in [5.41, 5.74) is 1.47. The number of anilines is 1. The van der Waals surface area contributed by atoms with Gasteiger partial charge in [0.1, 0.15) is 5.82 Å². The second kappa shape index (κ2) is 9.44. The molecule has 27 heavy (non-hydrogen) atoms. The molecule has 0 bridgehead atoms. The van der Waals surface area contributed by atoms with Crippen LogP contribution in [-0.2, 0) is 6.54 Å². The predicted octanol–water partition coefficient (Wildman–Crippen LogP) is 3.53. The van der Waals surface area contributed by atoms with Crippen LogP contribution < -0.4 is 10.2 Å². The smallest absolute Gasteiger partial charge is 0.253 e. The van der Waals surface area contributed by atoms with Gasteiger partial charge >= 0.3 is 0 Å². The molecule has 144 valence electrons. The number of carbonyl (C=O) groups excluding carboxylic acids is 1. The van der Waals surface area contributed by atoms with Crippen molar-refractivity contribution in [3.05, 3.63) is 52.7 Å². The van der Waals surface area contributed by atoms with E-state index in [4.69, 9.17) is 11.6 Å². The lowest BCUT2D eigenvalue weighted by Gasteiger charge is -2.21. The van der Waals surface area contributed by atoms with Crippen molar-refractivity contribution in [1.82, 2.24) is 15.2 Å². The Balaban J connectivity index is 1.59. The molecule has 7 heteroatoms. The van der Waals surface area contributed by atoms with Crippen LogP contribution in [0.1, 0.15) is 22.3 Å². The van der Waals surface area contributed by atoms with Gasteiger partial charge in [-0.3, -0.25) is 4.79 Å². The molecule has 0 atom stereocenters. The number of hydrogen-bond donors (Lipinski definition) is 1. The second-order valence-electron chi connectivity index (χ2n) is 6.70. The van der Waals surface area contributed by atoms with Crippen molar-refractivity contribution in [2.45, 2.75) is 17.9 Å². The molecule has 1 aromatic heterocycles. The highest BCUT2D eigenvalue weighted by atomic mass is 35.5. The van der Waals surface area contributed by atoms with Crippen molar-refractivity contribution in [2.24, 2.45) is 0 Å². The molecule has 2 aromatic rings. The van der Waals surface area contributed by atoms with Crippen LogP contribution in [0.15, 0.2) is 41.4 Å². The molecule has 1 aliphatic heterocycles. The van der Waals surface area contributed by atoms with E-state index in [1.807, 2.05) is 36.7 Å². The zero-order valence-corrected chi connectivity index (χ0v) is 17.3. The molecule has 1 aliphatic rings. The number of pyridine rings is 1. The lowest BCUT2D eigenvalue weighted by molar-refractivity contribution is 0.0951. The normalized spacial score (nSPS) is 15.4. The average Bonchev–Trinajstić information content (AvgIpc) is 2.91. The molecule has 0 saturated carbocycles. The number of nitrogens with one attached hydrogen (secondary N) is 1. The van der Waals surface area contributed by atoms with Gasteiger partial charge in [0.05, 0.1) is 10.6 Å². The number of rotatable bonds is 5.